The number of ether oxygens (including phenoxy) is 1. The molecule has 2 aliphatic rings. The Morgan fingerprint density at radius 2 is 2.43 bits per heavy atom. The van der Waals surface area contributed by atoms with Crippen molar-refractivity contribution in [2.75, 3.05) is 6.61 Å². The quantitative estimate of drug-likeness (QED) is 0.828. The van der Waals surface area contributed by atoms with Crippen LogP contribution in [0.2, 0.25) is 0 Å². The summed E-state index contributed by atoms with van der Waals surface area (Å²) in [6.45, 7) is 2.58. The van der Waals surface area contributed by atoms with Crippen molar-refractivity contribution in [3.05, 3.63) is 33.9 Å². The van der Waals surface area contributed by atoms with Crippen molar-refractivity contribution >= 4 is 11.6 Å². The number of aromatic nitrogens is 3. The number of hydrogen-bond donors (Lipinski definition) is 2. The zero-order valence-electron chi connectivity index (χ0n) is 11.6. The van der Waals surface area contributed by atoms with Crippen LogP contribution in [0.25, 0.3) is 5.65 Å². The summed E-state index contributed by atoms with van der Waals surface area (Å²) in [6, 6.07) is 1.59. The first-order valence-corrected chi connectivity index (χ1v) is 7.13. The Balaban J connectivity index is 1.59. The van der Waals surface area contributed by atoms with Gasteiger partial charge >= 0.3 is 0 Å². The van der Waals surface area contributed by atoms with E-state index in [0.29, 0.717) is 28.9 Å². The van der Waals surface area contributed by atoms with Crippen LogP contribution in [0.15, 0.2) is 17.1 Å². The fourth-order valence-electron chi connectivity index (χ4n) is 3.31. The van der Waals surface area contributed by atoms with Crippen molar-refractivity contribution in [3.63, 3.8) is 0 Å². The van der Waals surface area contributed by atoms with Crippen LogP contribution < -0.4 is 10.9 Å². The third-order valence-electron chi connectivity index (χ3n) is 4.59. The first-order valence-electron chi connectivity index (χ1n) is 7.13. The molecule has 1 aliphatic carbocycles. The molecule has 110 valence electrons. The number of aromatic amines is 1. The molecule has 3 heterocycles. The van der Waals surface area contributed by atoms with Gasteiger partial charge in [-0.1, -0.05) is 0 Å². The second-order valence-electron chi connectivity index (χ2n) is 5.75. The lowest BCUT2D eigenvalue weighted by Crippen LogP contribution is -2.53. The van der Waals surface area contributed by atoms with Crippen molar-refractivity contribution in [2.24, 2.45) is 5.92 Å². The minimum absolute atomic E-state index is 0.146. The average molecular weight is 288 g/mol. The molecular formula is C14H16N4O3. The molecule has 0 spiro atoms. The average Bonchev–Trinajstić information content (AvgIpc) is 2.99. The van der Waals surface area contributed by atoms with E-state index in [0.717, 1.165) is 19.4 Å². The summed E-state index contributed by atoms with van der Waals surface area (Å²) < 4.78 is 7.09. The molecule has 0 aromatic carbocycles. The molecule has 0 radical (unpaired) electrons. The molecule has 2 N–H and O–H groups in total. The van der Waals surface area contributed by atoms with E-state index >= 15 is 0 Å². The summed E-state index contributed by atoms with van der Waals surface area (Å²) in [4.78, 5) is 27.9. The summed E-state index contributed by atoms with van der Waals surface area (Å²) in [6.07, 6.45) is 3.73. The van der Waals surface area contributed by atoms with Crippen LogP contribution in [-0.2, 0) is 4.74 Å². The molecule has 4 rings (SSSR count). The van der Waals surface area contributed by atoms with E-state index in [1.54, 1.807) is 11.4 Å². The van der Waals surface area contributed by atoms with Crippen molar-refractivity contribution in [1.82, 2.24) is 19.9 Å². The molecule has 0 bridgehead atoms. The Labute approximate surface area is 120 Å². The Bertz CT molecular complexity index is 778. The molecule has 7 heteroatoms. The minimum Gasteiger partial charge on any atom is -0.378 e. The van der Waals surface area contributed by atoms with Gasteiger partial charge in [-0.2, -0.15) is 0 Å². The van der Waals surface area contributed by atoms with Gasteiger partial charge in [-0.25, -0.2) is 9.50 Å². The molecule has 1 saturated heterocycles. The second kappa shape index (κ2) is 4.42. The highest BCUT2D eigenvalue weighted by Crippen LogP contribution is 2.38. The van der Waals surface area contributed by atoms with Gasteiger partial charge in [0.15, 0.2) is 5.65 Å². The minimum atomic E-state index is -0.229. The second-order valence-corrected chi connectivity index (χ2v) is 5.75. The normalized spacial score (nSPS) is 27.4. The fraction of sp³-hybridized carbons (Fsp3) is 0.500. The molecular weight excluding hydrogens is 272 g/mol. The zero-order chi connectivity index (χ0) is 14.6. The van der Waals surface area contributed by atoms with Gasteiger partial charge < -0.3 is 10.1 Å². The molecule has 1 aliphatic heterocycles. The van der Waals surface area contributed by atoms with Gasteiger partial charge in [0.25, 0.3) is 11.5 Å². The third-order valence-corrected chi connectivity index (χ3v) is 4.59. The number of nitrogens with one attached hydrogen (secondary N) is 2. The van der Waals surface area contributed by atoms with Gasteiger partial charge in [-0.3, -0.25) is 14.7 Å². The standard InChI is InChI=1S/C14H16N4O3/c1-7-9(6-15-12-5-13(19)17-18(7)12)14(20)16-10-4-11-8(10)2-3-21-11/h5-6,8,10-11H,2-4H2,1H3,(H,16,20)(H,17,19)/t8-,10-,11+/m1/s1. The van der Waals surface area contributed by atoms with E-state index in [1.165, 1.54) is 12.3 Å². The third kappa shape index (κ3) is 1.88. The number of nitrogens with zero attached hydrogens (tertiary/aromatic N) is 2. The Kier molecular flexibility index (Phi) is 2.65. The topological polar surface area (TPSA) is 88.5 Å². The number of hydrogen-bond acceptors (Lipinski definition) is 4. The lowest BCUT2D eigenvalue weighted by molar-refractivity contribution is 0.00808. The van der Waals surface area contributed by atoms with Crippen molar-refractivity contribution < 1.29 is 9.53 Å². The van der Waals surface area contributed by atoms with Gasteiger partial charge in [0, 0.05) is 30.8 Å². The number of carbonyl (C=O) groups excluding carboxylic acids is 1. The summed E-state index contributed by atoms with van der Waals surface area (Å²) in [5.41, 5.74) is 1.45. The smallest absolute Gasteiger partial charge is 0.266 e. The van der Waals surface area contributed by atoms with Crippen molar-refractivity contribution in [3.8, 4) is 0 Å². The highest BCUT2D eigenvalue weighted by molar-refractivity contribution is 5.95. The first-order chi connectivity index (χ1) is 10.1. The molecule has 7 nitrogen and oxygen atoms in total. The maximum atomic E-state index is 12.4. The molecule has 21 heavy (non-hydrogen) atoms. The van der Waals surface area contributed by atoms with Crippen LogP contribution in [0.4, 0.5) is 0 Å². The van der Waals surface area contributed by atoms with E-state index in [9.17, 15) is 9.59 Å². The molecule has 2 aromatic heterocycles. The number of aryl methyl sites for hydroxylation is 1. The number of fused-ring (bicyclic) bond motifs is 2. The molecule has 2 fully saturated rings. The lowest BCUT2D eigenvalue weighted by atomic mass is 9.76. The van der Waals surface area contributed by atoms with Crippen LogP contribution in [-0.4, -0.2) is 39.3 Å². The number of amides is 1. The predicted octanol–water partition coefficient (Wildman–Crippen LogP) is 0.238. The van der Waals surface area contributed by atoms with Gasteiger partial charge in [0.05, 0.1) is 17.4 Å². The molecule has 1 amide bonds. The van der Waals surface area contributed by atoms with Crippen LogP contribution in [0.1, 0.15) is 28.9 Å². The monoisotopic (exact) mass is 288 g/mol. The molecule has 2 aromatic rings. The highest BCUT2D eigenvalue weighted by Gasteiger charge is 2.45. The summed E-state index contributed by atoms with van der Waals surface area (Å²) in [7, 11) is 0. The van der Waals surface area contributed by atoms with Gasteiger partial charge in [0.1, 0.15) is 0 Å². The van der Waals surface area contributed by atoms with E-state index < -0.39 is 0 Å². The fourth-order valence-corrected chi connectivity index (χ4v) is 3.31. The Morgan fingerprint density at radius 1 is 1.57 bits per heavy atom. The maximum absolute atomic E-state index is 12.4. The zero-order valence-corrected chi connectivity index (χ0v) is 11.6. The van der Waals surface area contributed by atoms with E-state index in [1.807, 2.05) is 0 Å². The summed E-state index contributed by atoms with van der Waals surface area (Å²) >= 11 is 0. The van der Waals surface area contributed by atoms with Crippen molar-refractivity contribution in [1.29, 1.82) is 0 Å². The maximum Gasteiger partial charge on any atom is 0.266 e. The van der Waals surface area contributed by atoms with Gasteiger partial charge in [-0.05, 0) is 19.8 Å². The number of H-pyrrole nitrogens is 1. The molecule has 1 saturated carbocycles. The van der Waals surface area contributed by atoms with Crippen LogP contribution in [0, 0.1) is 12.8 Å². The first kappa shape index (κ1) is 12.6. The van der Waals surface area contributed by atoms with Crippen LogP contribution in [0.5, 0.6) is 0 Å². The number of carbonyl (C=O) groups is 1. The lowest BCUT2D eigenvalue weighted by Gasteiger charge is -2.39. The largest absolute Gasteiger partial charge is 0.378 e. The number of rotatable bonds is 2. The highest BCUT2D eigenvalue weighted by atomic mass is 16.5. The molecule has 0 unspecified atom stereocenters. The van der Waals surface area contributed by atoms with Crippen LogP contribution >= 0.6 is 0 Å². The van der Waals surface area contributed by atoms with Gasteiger partial charge in [-0.15, -0.1) is 0 Å². The van der Waals surface area contributed by atoms with Gasteiger partial charge in [0.2, 0.25) is 0 Å². The Hall–Kier alpha value is -2.15. The summed E-state index contributed by atoms with van der Waals surface area (Å²) in [5, 5.41) is 5.69. The van der Waals surface area contributed by atoms with E-state index in [2.05, 4.69) is 15.4 Å². The van der Waals surface area contributed by atoms with E-state index in [4.69, 9.17) is 4.74 Å². The predicted molar refractivity (Wildman–Crippen MR) is 74.3 cm³/mol. The van der Waals surface area contributed by atoms with Crippen molar-refractivity contribution in [2.45, 2.75) is 31.9 Å². The van der Waals surface area contributed by atoms with E-state index in [-0.39, 0.29) is 17.5 Å². The van der Waals surface area contributed by atoms with Crippen LogP contribution in [0.3, 0.4) is 0 Å². The molecule has 3 atom stereocenters. The SMILES string of the molecule is Cc1c(C(=O)N[C@@H]2C[C@@H]3OCC[C@@H]32)cnc2cc(=O)[nH]n12. The Morgan fingerprint density at radius 3 is 3.24 bits per heavy atom. The summed E-state index contributed by atoms with van der Waals surface area (Å²) in [5.74, 6) is 0.295.